The largest absolute Gasteiger partial charge is 0.516 e. The molecule has 0 aromatic heterocycles. The summed E-state index contributed by atoms with van der Waals surface area (Å²) in [6.45, 7) is 6.26. The van der Waals surface area contributed by atoms with Crippen molar-refractivity contribution in [3.8, 4) is 5.75 Å². The summed E-state index contributed by atoms with van der Waals surface area (Å²) >= 11 is 0. The van der Waals surface area contributed by atoms with Crippen LogP contribution in [0.1, 0.15) is 0 Å². The lowest BCUT2D eigenvalue weighted by Gasteiger charge is -2.02. The molecule has 0 spiro atoms. The number of hydrogen-bond donors (Lipinski definition) is 1. The van der Waals surface area contributed by atoms with Crippen molar-refractivity contribution in [3.63, 3.8) is 0 Å². The van der Waals surface area contributed by atoms with Crippen LogP contribution in [0.5, 0.6) is 5.75 Å². The number of phenolic OH excluding ortho intramolecular Hbond substituents is 1. The first kappa shape index (κ1) is 9.32. The van der Waals surface area contributed by atoms with Crippen molar-refractivity contribution in [3.05, 3.63) is 34.7 Å². The molecule has 1 aromatic rings. The Morgan fingerprint density at radius 2 is 1.38 bits per heavy atom. The molecule has 0 saturated carbocycles. The average Bonchev–Trinajstić information content (AvgIpc) is 2.13. The lowest BCUT2D eigenvalue weighted by molar-refractivity contribution is 0.369. The summed E-state index contributed by atoms with van der Waals surface area (Å²) in [5.74, 6) is -9.63. The molecule has 6 heteroatoms. The van der Waals surface area contributed by atoms with E-state index in [1.54, 1.807) is 0 Å². The van der Waals surface area contributed by atoms with Crippen LogP contribution in [-0.2, 0) is 0 Å². The van der Waals surface area contributed by atoms with Crippen LogP contribution in [0.4, 0.5) is 23.2 Å². The van der Waals surface area contributed by atoms with Crippen molar-refractivity contribution >= 4 is 5.69 Å². The smallest absolute Gasteiger partial charge is 0.268 e. The van der Waals surface area contributed by atoms with Gasteiger partial charge in [-0.3, -0.25) is 0 Å². The fourth-order valence-electron chi connectivity index (χ4n) is 0.711. The average molecular weight is 191 g/mol. The van der Waals surface area contributed by atoms with E-state index in [9.17, 15) is 17.6 Å². The van der Waals surface area contributed by atoms with Crippen LogP contribution in [0, 0.1) is 29.8 Å². The molecule has 0 fully saturated rings. The third kappa shape index (κ3) is 1.18. The Morgan fingerprint density at radius 3 is 1.85 bits per heavy atom. The molecule has 1 rings (SSSR count). The number of nitrogens with zero attached hydrogens (tertiary/aromatic N) is 1. The van der Waals surface area contributed by atoms with Gasteiger partial charge in [-0.2, -0.15) is 0 Å². The summed E-state index contributed by atoms with van der Waals surface area (Å²) in [4.78, 5) is 2.31. The first-order valence-corrected chi connectivity index (χ1v) is 2.93. The lowest BCUT2D eigenvalue weighted by atomic mass is 10.2. The van der Waals surface area contributed by atoms with E-state index in [0.717, 1.165) is 0 Å². The zero-order valence-corrected chi connectivity index (χ0v) is 5.91. The highest BCUT2D eigenvalue weighted by molar-refractivity contribution is 5.58. The van der Waals surface area contributed by atoms with Crippen LogP contribution < -0.4 is 0 Å². The van der Waals surface area contributed by atoms with Crippen LogP contribution in [0.25, 0.3) is 4.85 Å². The zero-order valence-electron chi connectivity index (χ0n) is 5.91. The molecule has 0 amide bonds. The zero-order chi connectivity index (χ0) is 10.2. The Balaban J connectivity index is 3.69. The number of halogens is 4. The molecule has 2 nitrogen and oxygen atoms in total. The lowest BCUT2D eigenvalue weighted by Crippen LogP contribution is -1.95. The number of hydrogen-bond acceptors (Lipinski definition) is 1. The maximum Gasteiger partial charge on any atom is 0.268 e. The molecule has 13 heavy (non-hydrogen) atoms. The molecule has 68 valence electrons. The van der Waals surface area contributed by atoms with Gasteiger partial charge in [0.2, 0.25) is 0 Å². The van der Waals surface area contributed by atoms with Gasteiger partial charge in [-0.05, 0) is 0 Å². The summed E-state index contributed by atoms with van der Waals surface area (Å²) in [5.41, 5.74) is -1.27. The highest BCUT2D eigenvalue weighted by Gasteiger charge is 2.24. The highest BCUT2D eigenvalue weighted by Crippen LogP contribution is 2.35. The summed E-state index contributed by atoms with van der Waals surface area (Å²) in [7, 11) is 0. The first-order chi connectivity index (χ1) is 6.00. The normalized spacial score (nSPS) is 9.77. The molecular formula is C7HF4NO. The van der Waals surface area contributed by atoms with Gasteiger partial charge < -0.3 is 5.11 Å². The van der Waals surface area contributed by atoms with E-state index in [4.69, 9.17) is 11.7 Å². The Kier molecular flexibility index (Phi) is 2.10. The fourth-order valence-corrected chi connectivity index (χ4v) is 0.711. The Hall–Kier alpha value is -1.77. The second-order valence-corrected chi connectivity index (χ2v) is 2.06. The molecule has 1 N–H and O–H groups in total. The van der Waals surface area contributed by atoms with Gasteiger partial charge >= 0.3 is 0 Å². The molecule has 0 atom stereocenters. The van der Waals surface area contributed by atoms with Gasteiger partial charge in [0.05, 0.1) is 6.57 Å². The predicted octanol–water partition coefficient (Wildman–Crippen LogP) is 2.50. The molecule has 0 saturated heterocycles. The molecule has 0 aliphatic heterocycles. The quantitative estimate of drug-likeness (QED) is 0.289. The van der Waals surface area contributed by atoms with Crippen LogP contribution >= 0.6 is 0 Å². The maximum atomic E-state index is 12.5. The van der Waals surface area contributed by atoms with Crippen LogP contribution in [0.15, 0.2) is 0 Å². The summed E-state index contributed by atoms with van der Waals surface area (Å²) < 4.78 is 49.7. The van der Waals surface area contributed by atoms with Crippen molar-refractivity contribution in [2.45, 2.75) is 0 Å². The van der Waals surface area contributed by atoms with E-state index in [-0.39, 0.29) is 0 Å². The minimum atomic E-state index is -2.14. The van der Waals surface area contributed by atoms with Gasteiger partial charge in [0.15, 0.2) is 29.0 Å². The third-order valence-corrected chi connectivity index (χ3v) is 1.33. The fraction of sp³-hybridized carbons (Fsp3) is 0. The Labute approximate surface area is 69.9 Å². The number of rotatable bonds is 0. The van der Waals surface area contributed by atoms with E-state index in [2.05, 4.69) is 4.85 Å². The van der Waals surface area contributed by atoms with E-state index in [1.807, 2.05) is 0 Å². The van der Waals surface area contributed by atoms with Gasteiger partial charge in [-0.25, -0.2) is 22.4 Å². The molecule has 1 aromatic carbocycles. The van der Waals surface area contributed by atoms with Crippen LogP contribution in [0.2, 0.25) is 0 Å². The van der Waals surface area contributed by atoms with Gasteiger partial charge in [0.1, 0.15) is 0 Å². The van der Waals surface area contributed by atoms with E-state index in [1.165, 1.54) is 0 Å². The van der Waals surface area contributed by atoms with Gasteiger partial charge in [0, 0.05) is 0 Å². The van der Waals surface area contributed by atoms with Crippen molar-refractivity contribution < 1.29 is 22.7 Å². The van der Waals surface area contributed by atoms with E-state index in [0.29, 0.717) is 0 Å². The van der Waals surface area contributed by atoms with Crippen LogP contribution in [0.3, 0.4) is 0 Å². The highest BCUT2D eigenvalue weighted by atomic mass is 19.2. The van der Waals surface area contributed by atoms with Crippen LogP contribution in [-0.4, -0.2) is 5.11 Å². The molecule has 0 aliphatic rings. The van der Waals surface area contributed by atoms with E-state index < -0.39 is 34.7 Å². The van der Waals surface area contributed by atoms with Gasteiger partial charge in [0.25, 0.3) is 5.69 Å². The summed E-state index contributed by atoms with van der Waals surface area (Å²) in [6.07, 6.45) is 0. The summed E-state index contributed by atoms with van der Waals surface area (Å²) in [6, 6.07) is 0. The van der Waals surface area contributed by atoms with E-state index >= 15 is 0 Å². The monoisotopic (exact) mass is 191 g/mol. The summed E-state index contributed by atoms with van der Waals surface area (Å²) in [5, 5.41) is 8.65. The molecule has 0 radical (unpaired) electrons. The second-order valence-electron chi connectivity index (χ2n) is 2.06. The molecule has 0 heterocycles. The Morgan fingerprint density at radius 1 is 0.923 bits per heavy atom. The van der Waals surface area contributed by atoms with Crippen molar-refractivity contribution in [2.75, 3.05) is 0 Å². The SMILES string of the molecule is [C-]#[N+]c1c(O)c(F)c(F)c(F)c1F. The van der Waals surface area contributed by atoms with Crippen molar-refractivity contribution in [1.82, 2.24) is 0 Å². The number of aromatic hydroxyl groups is 1. The minimum absolute atomic E-state index is 1.27. The topological polar surface area (TPSA) is 24.6 Å². The van der Waals surface area contributed by atoms with Crippen molar-refractivity contribution in [2.24, 2.45) is 0 Å². The molecule has 0 aliphatic carbocycles. The standard InChI is InChI=1S/C7HF4NO/c1-12-6-4(10)2(8)3(9)5(11)7(6)13/h13H. The number of benzene rings is 1. The molecule has 0 bridgehead atoms. The maximum absolute atomic E-state index is 12.5. The number of phenols is 1. The van der Waals surface area contributed by atoms with Gasteiger partial charge in [-0.15, -0.1) is 0 Å². The second kappa shape index (κ2) is 2.94. The predicted molar refractivity (Wildman–Crippen MR) is 34.2 cm³/mol. The van der Waals surface area contributed by atoms with Crippen molar-refractivity contribution in [1.29, 1.82) is 0 Å². The van der Waals surface area contributed by atoms with Gasteiger partial charge in [-0.1, -0.05) is 0 Å². The third-order valence-electron chi connectivity index (χ3n) is 1.33. The molecule has 0 unspecified atom stereocenters. The minimum Gasteiger partial charge on any atom is -0.516 e. The molecular weight excluding hydrogens is 190 g/mol. The first-order valence-electron chi connectivity index (χ1n) is 2.93. The Bertz CT molecular complexity index is 381.